The summed E-state index contributed by atoms with van der Waals surface area (Å²) in [6.07, 6.45) is 2.38. The van der Waals surface area contributed by atoms with Crippen LogP contribution >= 0.6 is 0 Å². The summed E-state index contributed by atoms with van der Waals surface area (Å²) in [6, 6.07) is 8.79. The molecular weight excluding hydrogens is 238 g/mol. The van der Waals surface area contributed by atoms with Crippen LogP contribution in [0, 0.1) is 0 Å². The fraction of sp³-hybridized carbons (Fsp3) is 0.625. The van der Waals surface area contributed by atoms with Gasteiger partial charge in [-0.2, -0.15) is 0 Å². The van der Waals surface area contributed by atoms with E-state index in [4.69, 9.17) is 9.47 Å². The first-order valence-corrected chi connectivity index (χ1v) is 7.20. The number of hydrogen-bond acceptors (Lipinski definition) is 3. The van der Waals surface area contributed by atoms with Gasteiger partial charge in [0.25, 0.3) is 0 Å². The topological polar surface area (TPSA) is 30.5 Å². The predicted octanol–water partition coefficient (Wildman–Crippen LogP) is 3.55. The lowest BCUT2D eigenvalue weighted by Crippen LogP contribution is -2.21. The van der Waals surface area contributed by atoms with E-state index in [9.17, 15) is 0 Å². The predicted molar refractivity (Wildman–Crippen MR) is 79.7 cm³/mol. The maximum atomic E-state index is 5.66. The number of nitrogens with one attached hydrogen (secondary N) is 1. The molecule has 0 heterocycles. The monoisotopic (exact) mass is 265 g/mol. The molecule has 0 saturated heterocycles. The highest BCUT2D eigenvalue weighted by Gasteiger charge is 2.08. The van der Waals surface area contributed by atoms with E-state index in [1.165, 1.54) is 5.56 Å². The zero-order valence-electron chi connectivity index (χ0n) is 12.6. The lowest BCUT2D eigenvalue weighted by molar-refractivity contribution is 0.0716. The second-order valence-electron chi connectivity index (χ2n) is 4.84. The van der Waals surface area contributed by atoms with Crippen LogP contribution in [0.4, 0.5) is 0 Å². The third kappa shape index (κ3) is 5.62. The second-order valence-corrected chi connectivity index (χ2v) is 4.84. The summed E-state index contributed by atoms with van der Waals surface area (Å²) in [5, 5.41) is 3.55. The third-order valence-electron chi connectivity index (χ3n) is 3.22. The highest BCUT2D eigenvalue weighted by atomic mass is 16.5. The molecule has 1 N–H and O–H groups in total. The van der Waals surface area contributed by atoms with Crippen LogP contribution in [-0.2, 0) is 4.74 Å². The molecule has 0 spiro atoms. The van der Waals surface area contributed by atoms with Crippen molar-refractivity contribution in [3.8, 4) is 5.75 Å². The molecule has 3 heteroatoms. The Hall–Kier alpha value is -1.06. The van der Waals surface area contributed by atoms with E-state index in [-0.39, 0.29) is 6.10 Å². The number of rotatable bonds is 9. The van der Waals surface area contributed by atoms with Crippen LogP contribution in [-0.4, -0.2) is 26.4 Å². The fourth-order valence-electron chi connectivity index (χ4n) is 1.89. The summed E-state index contributed by atoms with van der Waals surface area (Å²) in [6.45, 7) is 8.03. The van der Waals surface area contributed by atoms with E-state index in [1.54, 1.807) is 7.11 Å². The summed E-state index contributed by atoms with van der Waals surface area (Å²) in [7, 11) is 1.70. The van der Waals surface area contributed by atoms with Crippen LogP contribution in [0.5, 0.6) is 5.75 Å². The smallest absolute Gasteiger partial charge is 0.119 e. The molecule has 0 amide bonds. The van der Waals surface area contributed by atoms with E-state index >= 15 is 0 Å². The molecule has 19 heavy (non-hydrogen) atoms. The van der Waals surface area contributed by atoms with E-state index in [0.29, 0.717) is 12.6 Å². The molecule has 0 saturated carbocycles. The van der Waals surface area contributed by atoms with E-state index < -0.39 is 0 Å². The van der Waals surface area contributed by atoms with Crippen molar-refractivity contribution in [1.82, 2.24) is 5.32 Å². The van der Waals surface area contributed by atoms with Crippen molar-refractivity contribution in [1.29, 1.82) is 0 Å². The number of ether oxygens (including phenoxy) is 2. The minimum Gasteiger partial charge on any atom is -0.491 e. The van der Waals surface area contributed by atoms with Crippen molar-refractivity contribution in [3.63, 3.8) is 0 Å². The average Bonchev–Trinajstić information content (AvgIpc) is 2.46. The number of methoxy groups -OCH3 is 1. The Balaban J connectivity index is 2.54. The Labute approximate surface area is 117 Å². The van der Waals surface area contributed by atoms with Crippen LogP contribution in [0.15, 0.2) is 24.3 Å². The van der Waals surface area contributed by atoms with Gasteiger partial charge in [-0.1, -0.05) is 26.0 Å². The Morgan fingerprint density at radius 3 is 2.37 bits per heavy atom. The van der Waals surface area contributed by atoms with Crippen LogP contribution in [0.2, 0.25) is 0 Å². The summed E-state index contributed by atoms with van der Waals surface area (Å²) >= 11 is 0. The molecule has 2 unspecified atom stereocenters. The van der Waals surface area contributed by atoms with Gasteiger partial charge in [0, 0.05) is 13.2 Å². The van der Waals surface area contributed by atoms with E-state index in [1.807, 2.05) is 19.1 Å². The van der Waals surface area contributed by atoms with Crippen molar-refractivity contribution < 1.29 is 9.47 Å². The second kappa shape index (κ2) is 8.94. The maximum absolute atomic E-state index is 5.66. The van der Waals surface area contributed by atoms with Crippen LogP contribution < -0.4 is 10.1 Å². The average molecular weight is 265 g/mol. The van der Waals surface area contributed by atoms with Crippen LogP contribution in [0.25, 0.3) is 0 Å². The summed E-state index contributed by atoms with van der Waals surface area (Å²) in [5.41, 5.74) is 1.32. The molecule has 3 nitrogen and oxygen atoms in total. The van der Waals surface area contributed by atoms with Gasteiger partial charge in [-0.05, 0) is 44.0 Å². The number of benzene rings is 1. The van der Waals surface area contributed by atoms with Gasteiger partial charge in [0.2, 0.25) is 0 Å². The van der Waals surface area contributed by atoms with Gasteiger partial charge in [-0.15, -0.1) is 0 Å². The van der Waals surface area contributed by atoms with Gasteiger partial charge in [0.1, 0.15) is 12.4 Å². The normalized spacial score (nSPS) is 14.1. The van der Waals surface area contributed by atoms with E-state index in [2.05, 4.69) is 31.3 Å². The van der Waals surface area contributed by atoms with Crippen molar-refractivity contribution in [2.24, 2.45) is 0 Å². The number of hydrogen-bond donors (Lipinski definition) is 1. The van der Waals surface area contributed by atoms with Crippen molar-refractivity contribution in [3.05, 3.63) is 29.8 Å². The third-order valence-corrected chi connectivity index (χ3v) is 3.22. The standard InChI is InChI=1S/C16H27NO2/c1-5-11-17-16(6-2)14-7-9-15(10-8-14)19-12-13(3)18-4/h7-10,13,16-17H,5-6,11-12H2,1-4H3. The first-order valence-electron chi connectivity index (χ1n) is 7.20. The first-order chi connectivity index (χ1) is 9.21. The van der Waals surface area contributed by atoms with Gasteiger partial charge in [-0.25, -0.2) is 0 Å². The Morgan fingerprint density at radius 1 is 1.16 bits per heavy atom. The lowest BCUT2D eigenvalue weighted by Gasteiger charge is -2.18. The summed E-state index contributed by atoms with van der Waals surface area (Å²) < 4.78 is 10.8. The fourth-order valence-corrected chi connectivity index (χ4v) is 1.89. The van der Waals surface area contributed by atoms with Crippen LogP contribution in [0.3, 0.4) is 0 Å². The lowest BCUT2D eigenvalue weighted by atomic mass is 10.0. The summed E-state index contributed by atoms with van der Waals surface area (Å²) in [4.78, 5) is 0. The molecule has 0 radical (unpaired) electrons. The van der Waals surface area contributed by atoms with Gasteiger partial charge in [-0.3, -0.25) is 0 Å². The first kappa shape index (κ1) is 16.0. The zero-order chi connectivity index (χ0) is 14.1. The quantitative estimate of drug-likeness (QED) is 0.740. The van der Waals surface area contributed by atoms with Crippen molar-refractivity contribution in [2.45, 2.75) is 45.8 Å². The van der Waals surface area contributed by atoms with Gasteiger partial charge in [0.05, 0.1) is 6.10 Å². The summed E-state index contributed by atoms with van der Waals surface area (Å²) in [5.74, 6) is 0.901. The highest BCUT2D eigenvalue weighted by molar-refractivity contribution is 5.29. The highest BCUT2D eigenvalue weighted by Crippen LogP contribution is 2.20. The minimum absolute atomic E-state index is 0.120. The maximum Gasteiger partial charge on any atom is 0.119 e. The minimum atomic E-state index is 0.120. The van der Waals surface area contributed by atoms with E-state index in [0.717, 1.165) is 25.1 Å². The molecule has 0 aromatic heterocycles. The molecule has 1 aromatic carbocycles. The molecule has 108 valence electrons. The van der Waals surface area contributed by atoms with Gasteiger partial charge >= 0.3 is 0 Å². The molecule has 0 fully saturated rings. The molecule has 0 aliphatic heterocycles. The molecule has 0 aliphatic rings. The molecule has 1 aromatic rings. The molecule has 0 aliphatic carbocycles. The zero-order valence-corrected chi connectivity index (χ0v) is 12.6. The Morgan fingerprint density at radius 2 is 1.84 bits per heavy atom. The SMILES string of the molecule is CCCNC(CC)c1ccc(OCC(C)OC)cc1. The van der Waals surface area contributed by atoms with Gasteiger partial charge < -0.3 is 14.8 Å². The molecule has 0 bridgehead atoms. The van der Waals surface area contributed by atoms with Crippen LogP contribution in [0.1, 0.15) is 45.2 Å². The van der Waals surface area contributed by atoms with Gasteiger partial charge in [0.15, 0.2) is 0 Å². The Kier molecular flexibility index (Phi) is 7.53. The van der Waals surface area contributed by atoms with Crippen molar-refractivity contribution in [2.75, 3.05) is 20.3 Å². The largest absolute Gasteiger partial charge is 0.491 e. The Bertz CT molecular complexity index is 337. The molecular formula is C16H27NO2. The molecule has 2 atom stereocenters. The molecule has 1 rings (SSSR count). The van der Waals surface area contributed by atoms with Crippen molar-refractivity contribution >= 4 is 0 Å².